The van der Waals surface area contributed by atoms with E-state index in [0.29, 0.717) is 12.3 Å². The number of likely N-dealkylation sites (tertiary alicyclic amines) is 1. The van der Waals surface area contributed by atoms with Crippen molar-refractivity contribution in [2.45, 2.75) is 38.1 Å². The predicted molar refractivity (Wildman–Crippen MR) is 93.9 cm³/mol. The zero-order valence-electron chi connectivity index (χ0n) is 14.1. The van der Waals surface area contributed by atoms with Crippen molar-refractivity contribution in [2.24, 2.45) is 0 Å². The number of amides is 1. The van der Waals surface area contributed by atoms with Gasteiger partial charge in [-0.25, -0.2) is 9.97 Å². The number of nitrogens with one attached hydrogen (secondary N) is 1. The molecule has 0 unspecified atom stereocenters. The number of H-pyrrole nitrogens is 1. The Morgan fingerprint density at radius 1 is 1.36 bits per heavy atom. The van der Waals surface area contributed by atoms with Gasteiger partial charge < -0.3 is 9.47 Å². The smallest absolute Gasteiger partial charge is 0.222 e. The molecule has 7 heteroatoms. The van der Waals surface area contributed by atoms with Crippen LogP contribution in [0.25, 0.3) is 11.0 Å². The summed E-state index contributed by atoms with van der Waals surface area (Å²) in [5.74, 6) is 0.548. The fourth-order valence-electron chi connectivity index (χ4n) is 3.50. The van der Waals surface area contributed by atoms with E-state index in [4.69, 9.17) is 0 Å². The first-order chi connectivity index (χ1) is 12.3. The molecule has 1 amide bonds. The molecule has 0 radical (unpaired) electrons. The number of aromatic amines is 1. The van der Waals surface area contributed by atoms with Crippen molar-refractivity contribution in [2.75, 3.05) is 13.1 Å². The Labute approximate surface area is 146 Å². The lowest BCUT2D eigenvalue weighted by Crippen LogP contribution is -2.39. The summed E-state index contributed by atoms with van der Waals surface area (Å²) >= 11 is 0. The molecule has 0 aromatic carbocycles. The number of carbonyl (C=O) groups excluding carboxylic acids is 1. The van der Waals surface area contributed by atoms with Crippen LogP contribution in [0.3, 0.4) is 0 Å². The normalized spacial score (nSPS) is 17.9. The molecule has 130 valence electrons. The zero-order valence-corrected chi connectivity index (χ0v) is 14.1. The average molecular weight is 338 g/mol. The number of carbonyl (C=O) groups is 1. The molecule has 7 nitrogen and oxygen atoms in total. The molecule has 0 aliphatic carbocycles. The molecule has 3 aromatic rings. The summed E-state index contributed by atoms with van der Waals surface area (Å²) < 4.78 is 2.01. The van der Waals surface area contributed by atoms with Gasteiger partial charge in [0, 0.05) is 55.4 Å². The second-order valence-corrected chi connectivity index (χ2v) is 6.63. The minimum Gasteiger partial charge on any atom is -0.342 e. The van der Waals surface area contributed by atoms with Crippen LogP contribution in [0.5, 0.6) is 0 Å². The van der Waals surface area contributed by atoms with Crippen LogP contribution in [0.15, 0.2) is 37.1 Å². The van der Waals surface area contributed by atoms with Gasteiger partial charge in [-0.3, -0.25) is 9.89 Å². The van der Waals surface area contributed by atoms with Crippen molar-refractivity contribution in [1.82, 2.24) is 29.6 Å². The quantitative estimate of drug-likeness (QED) is 0.774. The maximum Gasteiger partial charge on any atom is 0.222 e. The van der Waals surface area contributed by atoms with Crippen LogP contribution in [0.4, 0.5) is 0 Å². The molecule has 1 N–H and O–H groups in total. The second-order valence-electron chi connectivity index (χ2n) is 6.63. The minimum absolute atomic E-state index is 0.243. The standard InChI is InChI=1S/C18H22N6O/c25-17(4-2-8-23-10-7-19-13-23)24-9-1-3-15(12-24)16-6-5-14-11-20-22-18(14)21-16/h5-7,10-11,13,15H,1-4,8-9,12H2,(H,20,21,22)/t15-/m1/s1. The van der Waals surface area contributed by atoms with E-state index in [1.165, 1.54) is 0 Å². The van der Waals surface area contributed by atoms with Gasteiger partial charge >= 0.3 is 0 Å². The molecule has 1 atom stereocenters. The third kappa shape index (κ3) is 3.55. The molecule has 1 saturated heterocycles. The fourth-order valence-corrected chi connectivity index (χ4v) is 3.50. The maximum absolute atomic E-state index is 12.5. The third-order valence-electron chi connectivity index (χ3n) is 4.88. The van der Waals surface area contributed by atoms with Crippen LogP contribution < -0.4 is 0 Å². The molecular formula is C18H22N6O. The molecule has 0 spiro atoms. The summed E-state index contributed by atoms with van der Waals surface area (Å²) in [5, 5.41) is 7.97. The molecule has 1 fully saturated rings. The van der Waals surface area contributed by atoms with E-state index >= 15 is 0 Å². The zero-order chi connectivity index (χ0) is 17.1. The van der Waals surface area contributed by atoms with Gasteiger partial charge in [0.25, 0.3) is 0 Å². The number of aromatic nitrogens is 5. The van der Waals surface area contributed by atoms with Crippen LogP contribution >= 0.6 is 0 Å². The highest BCUT2D eigenvalue weighted by Gasteiger charge is 2.25. The predicted octanol–water partition coefficient (Wildman–Crippen LogP) is 2.34. The average Bonchev–Trinajstić information content (AvgIpc) is 3.32. The third-order valence-corrected chi connectivity index (χ3v) is 4.88. The number of pyridine rings is 1. The monoisotopic (exact) mass is 338 g/mol. The highest BCUT2D eigenvalue weighted by molar-refractivity contribution is 5.76. The van der Waals surface area contributed by atoms with Gasteiger partial charge in [0.1, 0.15) is 0 Å². The van der Waals surface area contributed by atoms with Crippen LogP contribution in [0.2, 0.25) is 0 Å². The highest BCUT2D eigenvalue weighted by Crippen LogP contribution is 2.27. The first-order valence-corrected chi connectivity index (χ1v) is 8.83. The molecule has 0 saturated carbocycles. The van der Waals surface area contributed by atoms with Crippen molar-refractivity contribution in [3.63, 3.8) is 0 Å². The van der Waals surface area contributed by atoms with Crippen LogP contribution in [-0.2, 0) is 11.3 Å². The molecule has 1 aliphatic rings. The van der Waals surface area contributed by atoms with Crippen molar-refractivity contribution < 1.29 is 4.79 Å². The first-order valence-electron chi connectivity index (χ1n) is 8.83. The number of rotatable bonds is 5. The van der Waals surface area contributed by atoms with Gasteiger partial charge in [-0.05, 0) is 31.4 Å². The SMILES string of the molecule is O=C(CCCn1ccnc1)N1CCC[C@@H](c2ccc3cn[nH]c3n2)C1. The van der Waals surface area contributed by atoms with Gasteiger partial charge in [0.15, 0.2) is 5.65 Å². The van der Waals surface area contributed by atoms with Gasteiger partial charge in [-0.1, -0.05) is 0 Å². The summed E-state index contributed by atoms with van der Waals surface area (Å²) in [6.07, 6.45) is 10.8. The Hall–Kier alpha value is -2.70. The lowest BCUT2D eigenvalue weighted by molar-refractivity contribution is -0.132. The van der Waals surface area contributed by atoms with Gasteiger partial charge in [0.05, 0.1) is 12.5 Å². The van der Waals surface area contributed by atoms with E-state index in [1.54, 1.807) is 18.7 Å². The minimum atomic E-state index is 0.243. The molecule has 0 bridgehead atoms. The molecule has 1 aliphatic heterocycles. The Balaban J connectivity index is 1.35. The Bertz CT molecular complexity index is 840. The topological polar surface area (TPSA) is 79.7 Å². The maximum atomic E-state index is 12.5. The number of imidazole rings is 1. The van der Waals surface area contributed by atoms with Gasteiger partial charge in [0.2, 0.25) is 5.91 Å². The molecule has 4 heterocycles. The van der Waals surface area contributed by atoms with E-state index in [-0.39, 0.29) is 5.91 Å². The van der Waals surface area contributed by atoms with Crippen LogP contribution in [0.1, 0.15) is 37.3 Å². The number of piperidine rings is 1. The van der Waals surface area contributed by atoms with Gasteiger partial charge in [-0.2, -0.15) is 5.10 Å². The molecular weight excluding hydrogens is 316 g/mol. The van der Waals surface area contributed by atoms with Gasteiger partial charge in [-0.15, -0.1) is 0 Å². The molecule has 3 aromatic heterocycles. The van der Waals surface area contributed by atoms with Crippen molar-refractivity contribution in [1.29, 1.82) is 0 Å². The van der Waals surface area contributed by atoms with E-state index in [1.807, 2.05) is 21.7 Å². The van der Waals surface area contributed by atoms with E-state index in [9.17, 15) is 4.79 Å². The van der Waals surface area contributed by atoms with Crippen LogP contribution in [0, 0.1) is 0 Å². The number of hydrogen-bond donors (Lipinski definition) is 1. The Kier molecular flexibility index (Phi) is 4.45. The second kappa shape index (κ2) is 7.04. The summed E-state index contributed by atoms with van der Waals surface area (Å²) in [5.41, 5.74) is 1.87. The Morgan fingerprint density at radius 2 is 2.32 bits per heavy atom. The summed E-state index contributed by atoms with van der Waals surface area (Å²) in [6, 6.07) is 4.11. The fraction of sp³-hybridized carbons (Fsp3) is 0.444. The number of nitrogens with zero attached hydrogens (tertiary/aromatic N) is 5. The van der Waals surface area contributed by atoms with E-state index in [0.717, 1.165) is 55.6 Å². The summed E-state index contributed by atoms with van der Waals surface area (Å²) in [6.45, 7) is 2.45. The number of hydrogen-bond acceptors (Lipinski definition) is 4. The highest BCUT2D eigenvalue weighted by atomic mass is 16.2. The van der Waals surface area contributed by atoms with Crippen molar-refractivity contribution in [3.05, 3.63) is 42.7 Å². The number of aryl methyl sites for hydroxylation is 1. The number of fused-ring (bicyclic) bond motifs is 1. The summed E-state index contributed by atoms with van der Waals surface area (Å²) in [7, 11) is 0. The Morgan fingerprint density at radius 3 is 3.20 bits per heavy atom. The first kappa shape index (κ1) is 15.8. The lowest BCUT2D eigenvalue weighted by atomic mass is 9.94. The van der Waals surface area contributed by atoms with Crippen molar-refractivity contribution in [3.8, 4) is 0 Å². The van der Waals surface area contributed by atoms with Crippen molar-refractivity contribution >= 4 is 16.9 Å². The lowest BCUT2D eigenvalue weighted by Gasteiger charge is -2.32. The largest absolute Gasteiger partial charge is 0.342 e. The summed E-state index contributed by atoms with van der Waals surface area (Å²) in [4.78, 5) is 23.2. The van der Waals surface area contributed by atoms with Crippen LogP contribution in [-0.4, -0.2) is 48.6 Å². The van der Waals surface area contributed by atoms with E-state index in [2.05, 4.69) is 26.2 Å². The molecule has 4 rings (SSSR count). The van der Waals surface area contributed by atoms with E-state index < -0.39 is 0 Å². The molecule has 25 heavy (non-hydrogen) atoms.